The van der Waals surface area contributed by atoms with Crippen LogP contribution in [0.15, 0.2) is 52.9 Å². The molecule has 1 aromatic heterocycles. The minimum Gasteiger partial charge on any atom is -0.494 e. The van der Waals surface area contributed by atoms with Crippen molar-refractivity contribution in [1.29, 1.82) is 0 Å². The van der Waals surface area contributed by atoms with Crippen LogP contribution < -0.4 is 10.1 Å². The van der Waals surface area contributed by atoms with E-state index in [-0.39, 0.29) is 18.7 Å². The molecule has 2 N–H and O–H groups in total. The van der Waals surface area contributed by atoms with Crippen molar-refractivity contribution in [2.75, 3.05) is 11.9 Å². The second-order valence-electron chi connectivity index (χ2n) is 5.99. The van der Waals surface area contributed by atoms with Crippen LogP contribution in [0.1, 0.15) is 25.2 Å². The van der Waals surface area contributed by atoms with Crippen molar-refractivity contribution in [1.82, 2.24) is 4.98 Å². The molecule has 0 fully saturated rings. The number of nitrogens with zero attached hydrogens (tertiary/aromatic N) is 1. The minimum atomic E-state index is -0.838. The van der Waals surface area contributed by atoms with E-state index in [0.717, 1.165) is 5.52 Å². The summed E-state index contributed by atoms with van der Waals surface area (Å²) < 4.78 is 11.1. The highest BCUT2D eigenvalue weighted by molar-refractivity contribution is 5.90. The number of anilines is 1. The van der Waals surface area contributed by atoms with E-state index in [2.05, 4.69) is 10.3 Å². The highest BCUT2D eigenvalue weighted by Crippen LogP contribution is 2.18. The van der Waals surface area contributed by atoms with Gasteiger partial charge < -0.3 is 19.6 Å². The number of oxazole rings is 1. The van der Waals surface area contributed by atoms with Crippen LogP contribution in [0.3, 0.4) is 0 Å². The molecule has 0 saturated carbocycles. The summed E-state index contributed by atoms with van der Waals surface area (Å²) in [6.07, 6.45) is 1.21. The lowest BCUT2D eigenvalue weighted by molar-refractivity contribution is -0.137. The summed E-state index contributed by atoms with van der Waals surface area (Å²) in [5, 5.41) is 11.4. The third kappa shape index (κ3) is 5.57. The van der Waals surface area contributed by atoms with Crippen molar-refractivity contribution < 1.29 is 23.8 Å². The predicted molar refractivity (Wildman–Crippen MR) is 99.8 cm³/mol. The van der Waals surface area contributed by atoms with Crippen LogP contribution in [0.25, 0.3) is 11.1 Å². The van der Waals surface area contributed by atoms with Gasteiger partial charge in [-0.2, -0.15) is 0 Å². The normalized spacial score (nSPS) is 10.7. The van der Waals surface area contributed by atoms with Gasteiger partial charge in [0.05, 0.1) is 6.61 Å². The Hall–Kier alpha value is -3.35. The number of aromatic nitrogens is 1. The van der Waals surface area contributed by atoms with Crippen molar-refractivity contribution in [3.8, 4) is 5.75 Å². The van der Waals surface area contributed by atoms with Crippen LogP contribution in [-0.2, 0) is 16.0 Å². The van der Waals surface area contributed by atoms with Gasteiger partial charge in [0.15, 0.2) is 11.5 Å². The number of aliphatic carboxylic acids is 1. The Kier molecular flexibility index (Phi) is 6.04. The summed E-state index contributed by atoms with van der Waals surface area (Å²) in [5.41, 5.74) is 2.16. The maximum absolute atomic E-state index is 12.1. The molecule has 0 radical (unpaired) electrons. The molecular weight excluding hydrogens is 348 g/mol. The summed E-state index contributed by atoms with van der Waals surface area (Å²) in [6, 6.07) is 14.4. The zero-order valence-electron chi connectivity index (χ0n) is 14.7. The zero-order chi connectivity index (χ0) is 19.1. The number of carbonyl (C=O) groups excluding carboxylic acids is 1. The fourth-order valence-electron chi connectivity index (χ4n) is 2.52. The summed E-state index contributed by atoms with van der Waals surface area (Å²) in [4.78, 5) is 26.9. The van der Waals surface area contributed by atoms with Crippen LogP contribution in [0.4, 0.5) is 5.69 Å². The number of ether oxygens (including phenoxy) is 1. The van der Waals surface area contributed by atoms with Gasteiger partial charge in [0, 0.05) is 24.9 Å². The van der Waals surface area contributed by atoms with Gasteiger partial charge in [0.1, 0.15) is 11.3 Å². The molecule has 0 bridgehead atoms. The molecule has 140 valence electrons. The maximum Gasteiger partial charge on any atom is 0.303 e. The van der Waals surface area contributed by atoms with E-state index in [9.17, 15) is 9.59 Å². The Balaban J connectivity index is 1.44. The maximum atomic E-state index is 12.1. The third-order valence-corrected chi connectivity index (χ3v) is 3.85. The lowest BCUT2D eigenvalue weighted by Gasteiger charge is -2.07. The Labute approximate surface area is 156 Å². The zero-order valence-corrected chi connectivity index (χ0v) is 14.7. The van der Waals surface area contributed by atoms with E-state index in [1.165, 1.54) is 0 Å². The average molecular weight is 368 g/mol. The molecule has 7 heteroatoms. The first-order valence-electron chi connectivity index (χ1n) is 8.69. The molecule has 3 rings (SSSR count). The standard InChI is InChI=1S/C20H20N2O5/c23-18(11-12-19-22-16-4-1-2-5-17(16)27-19)21-14-7-9-15(10-8-14)26-13-3-6-20(24)25/h1-2,4-5,7-10H,3,6,11-13H2,(H,21,23)(H,24,25). The smallest absolute Gasteiger partial charge is 0.303 e. The molecule has 1 heterocycles. The first-order valence-corrected chi connectivity index (χ1v) is 8.69. The molecule has 1 amide bonds. The number of benzene rings is 2. The topological polar surface area (TPSA) is 102 Å². The van der Waals surface area contributed by atoms with Gasteiger partial charge >= 0.3 is 5.97 Å². The number of nitrogens with one attached hydrogen (secondary N) is 1. The SMILES string of the molecule is O=C(O)CCCOc1ccc(NC(=O)CCc2nc3ccccc3o2)cc1. The van der Waals surface area contributed by atoms with E-state index >= 15 is 0 Å². The van der Waals surface area contributed by atoms with Crippen LogP contribution >= 0.6 is 0 Å². The number of amides is 1. The largest absolute Gasteiger partial charge is 0.494 e. The average Bonchev–Trinajstić information content (AvgIpc) is 3.08. The molecule has 0 aliphatic carbocycles. The number of fused-ring (bicyclic) bond motifs is 1. The second-order valence-corrected chi connectivity index (χ2v) is 5.99. The third-order valence-electron chi connectivity index (χ3n) is 3.85. The van der Waals surface area contributed by atoms with Crippen LogP contribution in [0.5, 0.6) is 5.75 Å². The number of hydrogen-bond acceptors (Lipinski definition) is 5. The molecule has 0 unspecified atom stereocenters. The summed E-state index contributed by atoms with van der Waals surface area (Å²) >= 11 is 0. The number of hydrogen-bond donors (Lipinski definition) is 2. The highest BCUT2D eigenvalue weighted by Gasteiger charge is 2.09. The number of carbonyl (C=O) groups is 2. The van der Waals surface area contributed by atoms with Crippen molar-refractivity contribution in [2.45, 2.75) is 25.7 Å². The quantitative estimate of drug-likeness (QED) is 0.559. The van der Waals surface area contributed by atoms with Gasteiger partial charge in [0.25, 0.3) is 0 Å². The van der Waals surface area contributed by atoms with Gasteiger partial charge in [0.2, 0.25) is 5.91 Å². The van der Waals surface area contributed by atoms with Crippen molar-refractivity contribution >= 4 is 28.7 Å². The first kappa shape index (κ1) is 18.4. The molecule has 0 saturated heterocycles. The lowest BCUT2D eigenvalue weighted by Crippen LogP contribution is -2.12. The van der Waals surface area contributed by atoms with Gasteiger partial charge in [-0.25, -0.2) is 4.98 Å². The first-order chi connectivity index (χ1) is 13.1. The van der Waals surface area contributed by atoms with Gasteiger partial charge in [-0.05, 0) is 42.8 Å². The molecule has 0 atom stereocenters. The van der Waals surface area contributed by atoms with Gasteiger partial charge in [-0.3, -0.25) is 9.59 Å². The summed E-state index contributed by atoms with van der Waals surface area (Å²) in [5.74, 6) is 0.197. The van der Waals surface area contributed by atoms with Crippen molar-refractivity contribution in [2.24, 2.45) is 0 Å². The number of para-hydroxylation sites is 2. The molecule has 0 spiro atoms. The Morgan fingerprint density at radius 3 is 2.59 bits per heavy atom. The van der Waals surface area contributed by atoms with Crippen LogP contribution in [0.2, 0.25) is 0 Å². The minimum absolute atomic E-state index is 0.0776. The molecule has 7 nitrogen and oxygen atoms in total. The van der Waals surface area contributed by atoms with Crippen LogP contribution in [0, 0.1) is 0 Å². The van der Waals surface area contributed by atoms with Crippen molar-refractivity contribution in [3.63, 3.8) is 0 Å². The number of rotatable bonds is 9. The van der Waals surface area contributed by atoms with E-state index in [1.807, 2.05) is 24.3 Å². The highest BCUT2D eigenvalue weighted by atomic mass is 16.5. The lowest BCUT2D eigenvalue weighted by atomic mass is 10.2. The number of carboxylic acids is 1. The monoisotopic (exact) mass is 368 g/mol. The summed E-state index contributed by atoms with van der Waals surface area (Å²) in [7, 11) is 0. The van der Waals surface area contributed by atoms with Crippen LogP contribution in [-0.4, -0.2) is 28.6 Å². The fraction of sp³-hybridized carbons (Fsp3) is 0.250. The van der Waals surface area contributed by atoms with Gasteiger partial charge in [-0.1, -0.05) is 12.1 Å². The summed E-state index contributed by atoms with van der Waals surface area (Å²) in [6.45, 7) is 0.336. The van der Waals surface area contributed by atoms with E-state index in [1.54, 1.807) is 24.3 Å². The molecule has 0 aliphatic heterocycles. The molecule has 2 aromatic carbocycles. The van der Waals surface area contributed by atoms with E-state index < -0.39 is 5.97 Å². The van der Waals surface area contributed by atoms with Gasteiger partial charge in [-0.15, -0.1) is 0 Å². The Morgan fingerprint density at radius 2 is 1.85 bits per heavy atom. The van der Waals surface area contributed by atoms with E-state index in [4.69, 9.17) is 14.3 Å². The molecular formula is C20H20N2O5. The second kappa shape index (κ2) is 8.84. The Morgan fingerprint density at radius 1 is 1.07 bits per heavy atom. The van der Waals surface area contributed by atoms with E-state index in [0.29, 0.717) is 42.4 Å². The molecule has 3 aromatic rings. The number of aryl methyl sites for hydroxylation is 1. The molecule has 0 aliphatic rings. The Bertz CT molecular complexity index is 885. The molecule has 27 heavy (non-hydrogen) atoms. The number of carboxylic acid groups (broad SMARTS) is 1. The predicted octanol–water partition coefficient (Wildman–Crippen LogP) is 3.64. The van der Waals surface area contributed by atoms with Crippen molar-refractivity contribution in [3.05, 3.63) is 54.4 Å². The fourth-order valence-corrected chi connectivity index (χ4v) is 2.52.